The molecule has 0 bridgehead atoms. The monoisotopic (exact) mass is 228 g/mol. The van der Waals surface area contributed by atoms with Crippen molar-refractivity contribution in [3.63, 3.8) is 0 Å². The average Bonchev–Trinajstić information content (AvgIpc) is 2.16. The van der Waals surface area contributed by atoms with Gasteiger partial charge in [0.05, 0.1) is 5.41 Å². The second-order valence-corrected chi connectivity index (χ2v) is 4.81. The van der Waals surface area contributed by atoms with E-state index >= 15 is 0 Å². The maximum Gasteiger partial charge on any atom is 0.223 e. The average molecular weight is 228 g/mol. The van der Waals surface area contributed by atoms with Crippen LogP contribution in [0, 0.1) is 5.41 Å². The Kier molecular flexibility index (Phi) is 6.08. The molecule has 0 aromatic heterocycles. The molecule has 0 aromatic rings. The van der Waals surface area contributed by atoms with Gasteiger partial charge in [0, 0.05) is 19.5 Å². The van der Waals surface area contributed by atoms with Crippen molar-refractivity contribution < 1.29 is 9.59 Å². The lowest BCUT2D eigenvalue weighted by Gasteiger charge is -2.26. The number of nitrogens with two attached hydrogens (primary N) is 1. The topological polar surface area (TPSA) is 63.4 Å². The molecular weight excluding hydrogens is 204 g/mol. The van der Waals surface area contributed by atoms with Crippen molar-refractivity contribution in [2.45, 2.75) is 47.0 Å². The quantitative estimate of drug-likeness (QED) is 0.718. The minimum absolute atomic E-state index is 0.0208. The summed E-state index contributed by atoms with van der Waals surface area (Å²) in [5, 5.41) is 0. The largest absolute Gasteiger partial charge is 0.369 e. The van der Waals surface area contributed by atoms with Gasteiger partial charge in [0.25, 0.3) is 0 Å². The molecule has 0 saturated heterocycles. The molecule has 2 N–H and O–H groups in total. The molecule has 0 fully saturated rings. The molecule has 0 radical (unpaired) electrons. The van der Waals surface area contributed by atoms with Gasteiger partial charge in [0.1, 0.15) is 0 Å². The van der Waals surface area contributed by atoms with Gasteiger partial charge in [-0.3, -0.25) is 9.59 Å². The number of primary amides is 1. The lowest BCUT2D eigenvalue weighted by atomic mass is 9.88. The van der Waals surface area contributed by atoms with E-state index in [1.807, 2.05) is 18.7 Å². The molecule has 0 heterocycles. The second-order valence-electron chi connectivity index (χ2n) is 4.81. The normalized spacial score (nSPS) is 11.2. The van der Waals surface area contributed by atoms with Crippen LogP contribution in [0.4, 0.5) is 0 Å². The third-order valence-electron chi connectivity index (χ3n) is 2.60. The van der Waals surface area contributed by atoms with Crippen molar-refractivity contribution in [1.82, 2.24) is 4.90 Å². The SMILES string of the molecule is CCCN(CCC)C(=O)CC(C)(C)C(N)=O. The zero-order chi connectivity index (χ0) is 12.8. The van der Waals surface area contributed by atoms with Gasteiger partial charge in [0.2, 0.25) is 11.8 Å². The summed E-state index contributed by atoms with van der Waals surface area (Å²) in [7, 11) is 0. The molecule has 0 atom stereocenters. The summed E-state index contributed by atoms with van der Waals surface area (Å²) in [5.74, 6) is -0.402. The highest BCUT2D eigenvalue weighted by Gasteiger charge is 2.29. The number of hydrogen-bond donors (Lipinski definition) is 1. The van der Waals surface area contributed by atoms with Crippen LogP contribution in [-0.4, -0.2) is 29.8 Å². The molecule has 0 saturated carbocycles. The zero-order valence-corrected chi connectivity index (χ0v) is 10.9. The first-order valence-corrected chi connectivity index (χ1v) is 5.92. The summed E-state index contributed by atoms with van der Waals surface area (Å²) >= 11 is 0. The van der Waals surface area contributed by atoms with Crippen molar-refractivity contribution in [1.29, 1.82) is 0 Å². The van der Waals surface area contributed by atoms with Crippen LogP contribution >= 0.6 is 0 Å². The van der Waals surface area contributed by atoms with Crippen molar-refractivity contribution in [3.05, 3.63) is 0 Å². The minimum atomic E-state index is -0.753. The van der Waals surface area contributed by atoms with Gasteiger partial charge >= 0.3 is 0 Å². The van der Waals surface area contributed by atoms with E-state index in [-0.39, 0.29) is 12.3 Å². The van der Waals surface area contributed by atoms with Crippen molar-refractivity contribution in [2.75, 3.05) is 13.1 Å². The van der Waals surface area contributed by atoms with Gasteiger partial charge in [-0.25, -0.2) is 0 Å². The molecule has 0 rings (SSSR count). The lowest BCUT2D eigenvalue weighted by molar-refractivity contribution is -0.138. The summed E-state index contributed by atoms with van der Waals surface area (Å²) in [5.41, 5.74) is 4.50. The standard InChI is InChI=1S/C12H24N2O2/c1-5-7-14(8-6-2)10(15)9-12(3,4)11(13)16/h5-9H2,1-4H3,(H2,13,16). The predicted molar refractivity (Wildman–Crippen MR) is 64.8 cm³/mol. The number of amides is 2. The van der Waals surface area contributed by atoms with E-state index in [0.29, 0.717) is 0 Å². The van der Waals surface area contributed by atoms with Gasteiger partial charge in [0.15, 0.2) is 0 Å². The molecule has 0 spiro atoms. The molecule has 0 aliphatic rings. The number of nitrogens with zero attached hydrogens (tertiary/aromatic N) is 1. The molecule has 2 amide bonds. The first kappa shape index (κ1) is 14.9. The van der Waals surface area contributed by atoms with E-state index in [2.05, 4.69) is 0 Å². The Morgan fingerprint density at radius 1 is 1.12 bits per heavy atom. The van der Waals surface area contributed by atoms with Gasteiger partial charge in [-0.2, -0.15) is 0 Å². The third-order valence-corrected chi connectivity index (χ3v) is 2.60. The van der Waals surface area contributed by atoms with Crippen LogP contribution in [0.2, 0.25) is 0 Å². The van der Waals surface area contributed by atoms with E-state index in [0.717, 1.165) is 25.9 Å². The summed E-state index contributed by atoms with van der Waals surface area (Å²) in [6, 6.07) is 0. The smallest absolute Gasteiger partial charge is 0.223 e. The van der Waals surface area contributed by atoms with Crippen molar-refractivity contribution >= 4 is 11.8 Å². The highest BCUT2D eigenvalue weighted by Crippen LogP contribution is 2.20. The summed E-state index contributed by atoms with van der Waals surface area (Å²) in [4.78, 5) is 24.9. The predicted octanol–water partition coefficient (Wildman–Crippen LogP) is 1.54. The number of carbonyl (C=O) groups excluding carboxylic acids is 2. The van der Waals surface area contributed by atoms with Gasteiger partial charge in [-0.15, -0.1) is 0 Å². The van der Waals surface area contributed by atoms with Gasteiger partial charge < -0.3 is 10.6 Å². The Morgan fingerprint density at radius 3 is 1.88 bits per heavy atom. The molecule has 4 nitrogen and oxygen atoms in total. The molecule has 0 aromatic carbocycles. The fourth-order valence-electron chi connectivity index (χ4n) is 1.48. The van der Waals surface area contributed by atoms with E-state index < -0.39 is 11.3 Å². The molecule has 0 aliphatic heterocycles. The van der Waals surface area contributed by atoms with E-state index in [1.165, 1.54) is 0 Å². The summed E-state index contributed by atoms with van der Waals surface area (Å²) < 4.78 is 0. The Balaban J connectivity index is 4.45. The maximum atomic E-state index is 12.0. The van der Waals surface area contributed by atoms with E-state index in [9.17, 15) is 9.59 Å². The fraction of sp³-hybridized carbons (Fsp3) is 0.833. The number of carbonyl (C=O) groups is 2. The Labute approximate surface area is 98.2 Å². The lowest BCUT2D eigenvalue weighted by Crippen LogP contribution is -2.40. The maximum absolute atomic E-state index is 12.0. The highest BCUT2D eigenvalue weighted by atomic mass is 16.2. The van der Waals surface area contributed by atoms with Crippen LogP contribution in [0.15, 0.2) is 0 Å². The van der Waals surface area contributed by atoms with Crippen LogP contribution in [0.3, 0.4) is 0 Å². The molecule has 0 aliphatic carbocycles. The van der Waals surface area contributed by atoms with Gasteiger partial charge in [-0.1, -0.05) is 27.7 Å². The molecule has 4 heteroatoms. The number of rotatable bonds is 7. The molecule has 16 heavy (non-hydrogen) atoms. The van der Waals surface area contributed by atoms with Gasteiger partial charge in [-0.05, 0) is 12.8 Å². The highest BCUT2D eigenvalue weighted by molar-refractivity contribution is 5.87. The Morgan fingerprint density at radius 2 is 1.56 bits per heavy atom. The van der Waals surface area contributed by atoms with Crippen LogP contribution < -0.4 is 5.73 Å². The van der Waals surface area contributed by atoms with Crippen LogP contribution in [-0.2, 0) is 9.59 Å². The Hall–Kier alpha value is -1.06. The minimum Gasteiger partial charge on any atom is -0.369 e. The fourth-order valence-corrected chi connectivity index (χ4v) is 1.48. The third kappa shape index (κ3) is 4.64. The summed E-state index contributed by atoms with van der Waals surface area (Å²) in [6.45, 7) is 9.00. The second kappa shape index (κ2) is 6.51. The molecule has 0 unspecified atom stereocenters. The summed E-state index contributed by atoms with van der Waals surface area (Å²) in [6.07, 6.45) is 2.06. The van der Waals surface area contributed by atoms with E-state index in [1.54, 1.807) is 13.8 Å². The van der Waals surface area contributed by atoms with E-state index in [4.69, 9.17) is 5.73 Å². The van der Waals surface area contributed by atoms with Crippen molar-refractivity contribution in [3.8, 4) is 0 Å². The first-order valence-electron chi connectivity index (χ1n) is 5.92. The Bertz CT molecular complexity index is 243. The first-order chi connectivity index (χ1) is 7.35. The van der Waals surface area contributed by atoms with Crippen LogP contribution in [0.1, 0.15) is 47.0 Å². The number of hydrogen-bond acceptors (Lipinski definition) is 2. The van der Waals surface area contributed by atoms with Crippen molar-refractivity contribution in [2.24, 2.45) is 11.1 Å². The van der Waals surface area contributed by atoms with Crippen LogP contribution in [0.5, 0.6) is 0 Å². The zero-order valence-electron chi connectivity index (χ0n) is 10.9. The molecular formula is C12H24N2O2. The van der Waals surface area contributed by atoms with Crippen LogP contribution in [0.25, 0.3) is 0 Å². The molecule has 94 valence electrons.